The highest BCUT2D eigenvalue weighted by Gasteiger charge is 2.03. The topological polar surface area (TPSA) is 51.2 Å². The van der Waals surface area contributed by atoms with Gasteiger partial charge < -0.3 is 4.74 Å². The van der Waals surface area contributed by atoms with Gasteiger partial charge in [-0.3, -0.25) is 10.3 Å². The molecule has 0 bridgehead atoms. The van der Waals surface area contributed by atoms with Crippen molar-refractivity contribution in [3.05, 3.63) is 60.4 Å². The molecule has 0 saturated carbocycles. The van der Waals surface area contributed by atoms with Crippen LogP contribution in [0, 0.1) is 0 Å². The number of amides is 1. The molecule has 94 valence electrons. The summed E-state index contributed by atoms with van der Waals surface area (Å²) < 4.78 is 5.02. The number of rotatable bonds is 3. The zero-order chi connectivity index (χ0) is 11.9. The number of anilines is 1. The standard InChI is InChI=1S/C13H12N2O2.CH4/c16-13(15-11-6-2-1-3-7-11)17-10-12-8-4-5-9-14-12;/h1-9H,10H2,(H,15,16);1H4. The number of ether oxygens (including phenoxy) is 1. The van der Waals surface area contributed by atoms with E-state index in [0.29, 0.717) is 5.69 Å². The van der Waals surface area contributed by atoms with Gasteiger partial charge in [-0.05, 0) is 24.3 Å². The molecule has 0 unspecified atom stereocenters. The van der Waals surface area contributed by atoms with Gasteiger partial charge in [0, 0.05) is 11.9 Å². The van der Waals surface area contributed by atoms with Crippen LogP contribution in [0.5, 0.6) is 0 Å². The van der Waals surface area contributed by atoms with Gasteiger partial charge in [0.25, 0.3) is 0 Å². The van der Waals surface area contributed by atoms with Crippen LogP contribution in [0.15, 0.2) is 54.7 Å². The van der Waals surface area contributed by atoms with Gasteiger partial charge in [0.2, 0.25) is 0 Å². The first-order valence-electron chi connectivity index (χ1n) is 5.23. The monoisotopic (exact) mass is 244 g/mol. The smallest absolute Gasteiger partial charge is 0.412 e. The van der Waals surface area contributed by atoms with Crippen molar-refractivity contribution in [1.82, 2.24) is 4.98 Å². The maximum absolute atomic E-state index is 11.4. The van der Waals surface area contributed by atoms with Crippen LogP contribution in [0.1, 0.15) is 13.1 Å². The molecule has 0 aliphatic heterocycles. The summed E-state index contributed by atoms with van der Waals surface area (Å²) in [5, 5.41) is 2.62. The highest BCUT2D eigenvalue weighted by Crippen LogP contribution is 2.06. The lowest BCUT2D eigenvalue weighted by molar-refractivity contribution is 0.153. The molecular weight excluding hydrogens is 228 g/mol. The van der Waals surface area contributed by atoms with Gasteiger partial charge in [-0.25, -0.2) is 4.79 Å². The van der Waals surface area contributed by atoms with E-state index in [-0.39, 0.29) is 14.0 Å². The van der Waals surface area contributed by atoms with Crippen LogP contribution >= 0.6 is 0 Å². The molecule has 2 rings (SSSR count). The third-order valence-electron chi connectivity index (χ3n) is 2.10. The van der Waals surface area contributed by atoms with E-state index in [2.05, 4.69) is 10.3 Å². The lowest BCUT2D eigenvalue weighted by Gasteiger charge is -2.06. The van der Waals surface area contributed by atoms with E-state index in [0.717, 1.165) is 5.69 Å². The maximum Gasteiger partial charge on any atom is 0.412 e. The fourth-order valence-electron chi connectivity index (χ4n) is 1.30. The maximum atomic E-state index is 11.4. The summed E-state index contributed by atoms with van der Waals surface area (Å²) in [7, 11) is 0. The number of nitrogens with one attached hydrogen (secondary N) is 1. The molecule has 0 aliphatic carbocycles. The van der Waals surface area contributed by atoms with Gasteiger partial charge in [0.1, 0.15) is 6.61 Å². The molecule has 0 spiro atoms. The summed E-state index contributed by atoms with van der Waals surface area (Å²) in [6, 6.07) is 14.6. The van der Waals surface area contributed by atoms with Gasteiger partial charge in [-0.2, -0.15) is 0 Å². The molecule has 0 radical (unpaired) electrons. The Kier molecular flexibility index (Phi) is 5.38. The number of carbonyl (C=O) groups is 1. The number of aromatic nitrogens is 1. The van der Waals surface area contributed by atoms with Gasteiger partial charge in [0.15, 0.2) is 0 Å². The van der Waals surface area contributed by atoms with Crippen LogP contribution in [0.2, 0.25) is 0 Å². The first kappa shape index (κ1) is 13.7. The van der Waals surface area contributed by atoms with E-state index < -0.39 is 6.09 Å². The second-order valence-corrected chi connectivity index (χ2v) is 3.39. The number of hydrogen-bond acceptors (Lipinski definition) is 3. The lowest BCUT2D eigenvalue weighted by atomic mass is 10.3. The summed E-state index contributed by atoms with van der Waals surface area (Å²) in [5.41, 5.74) is 1.43. The second-order valence-electron chi connectivity index (χ2n) is 3.39. The average molecular weight is 244 g/mol. The zero-order valence-corrected chi connectivity index (χ0v) is 9.17. The molecule has 4 nitrogen and oxygen atoms in total. The van der Waals surface area contributed by atoms with E-state index in [9.17, 15) is 4.79 Å². The van der Waals surface area contributed by atoms with E-state index in [1.54, 1.807) is 24.4 Å². The lowest BCUT2D eigenvalue weighted by Crippen LogP contribution is -2.13. The number of nitrogens with zero attached hydrogens (tertiary/aromatic N) is 1. The fraction of sp³-hybridized carbons (Fsp3) is 0.143. The first-order valence-corrected chi connectivity index (χ1v) is 5.23. The van der Waals surface area contributed by atoms with Gasteiger partial charge >= 0.3 is 6.09 Å². The number of para-hydroxylation sites is 1. The molecule has 0 saturated heterocycles. The zero-order valence-electron chi connectivity index (χ0n) is 9.17. The molecular formula is C14H16N2O2. The van der Waals surface area contributed by atoms with Crippen molar-refractivity contribution in [2.24, 2.45) is 0 Å². The largest absolute Gasteiger partial charge is 0.443 e. The third kappa shape index (κ3) is 4.25. The quantitative estimate of drug-likeness (QED) is 0.899. The molecule has 1 heterocycles. The van der Waals surface area contributed by atoms with Crippen molar-refractivity contribution in [3.63, 3.8) is 0 Å². The molecule has 4 heteroatoms. The Balaban J connectivity index is 0.00000162. The van der Waals surface area contributed by atoms with Gasteiger partial charge in [-0.15, -0.1) is 0 Å². The SMILES string of the molecule is C.O=C(Nc1ccccc1)OCc1ccccn1. The predicted molar refractivity (Wildman–Crippen MR) is 71.2 cm³/mol. The van der Waals surface area contributed by atoms with E-state index in [1.807, 2.05) is 30.3 Å². The molecule has 1 aromatic carbocycles. The minimum absolute atomic E-state index is 0. The Hall–Kier alpha value is -2.36. The highest BCUT2D eigenvalue weighted by atomic mass is 16.5. The van der Waals surface area contributed by atoms with Crippen LogP contribution in [-0.4, -0.2) is 11.1 Å². The minimum Gasteiger partial charge on any atom is -0.443 e. The predicted octanol–water partition coefficient (Wildman–Crippen LogP) is 3.47. The van der Waals surface area contributed by atoms with Crippen molar-refractivity contribution >= 4 is 11.8 Å². The van der Waals surface area contributed by atoms with Crippen molar-refractivity contribution < 1.29 is 9.53 Å². The fourth-order valence-corrected chi connectivity index (χ4v) is 1.30. The second kappa shape index (κ2) is 7.06. The molecule has 1 aromatic heterocycles. The van der Waals surface area contributed by atoms with E-state index in [1.165, 1.54) is 0 Å². The summed E-state index contributed by atoms with van der Waals surface area (Å²) in [4.78, 5) is 15.5. The number of hydrogen-bond donors (Lipinski definition) is 1. The summed E-state index contributed by atoms with van der Waals surface area (Å²) in [6.07, 6.45) is 1.18. The summed E-state index contributed by atoms with van der Waals surface area (Å²) in [5.74, 6) is 0. The Morgan fingerprint density at radius 2 is 1.83 bits per heavy atom. The molecule has 0 fully saturated rings. The highest BCUT2D eigenvalue weighted by molar-refractivity contribution is 5.84. The first-order chi connectivity index (χ1) is 8.34. The van der Waals surface area contributed by atoms with Crippen molar-refractivity contribution in [3.8, 4) is 0 Å². The molecule has 2 aromatic rings. The average Bonchev–Trinajstić information content (AvgIpc) is 2.39. The van der Waals surface area contributed by atoms with Crippen LogP contribution in [0.4, 0.5) is 10.5 Å². The molecule has 0 atom stereocenters. The summed E-state index contributed by atoms with van der Waals surface area (Å²) in [6.45, 7) is 0.166. The third-order valence-corrected chi connectivity index (χ3v) is 2.10. The molecule has 1 amide bonds. The van der Waals surface area contributed by atoms with Gasteiger partial charge in [0.05, 0.1) is 5.69 Å². The Morgan fingerprint density at radius 3 is 2.50 bits per heavy atom. The number of benzene rings is 1. The Bertz CT molecular complexity index is 472. The molecule has 18 heavy (non-hydrogen) atoms. The minimum atomic E-state index is -0.484. The number of pyridine rings is 1. The van der Waals surface area contributed by atoms with Crippen LogP contribution in [-0.2, 0) is 11.3 Å². The molecule has 1 N–H and O–H groups in total. The van der Waals surface area contributed by atoms with E-state index in [4.69, 9.17) is 4.74 Å². The Labute approximate surface area is 107 Å². The molecule has 0 aliphatic rings. The van der Waals surface area contributed by atoms with Crippen LogP contribution in [0.3, 0.4) is 0 Å². The van der Waals surface area contributed by atoms with E-state index >= 15 is 0 Å². The van der Waals surface area contributed by atoms with Crippen molar-refractivity contribution in [2.45, 2.75) is 14.0 Å². The van der Waals surface area contributed by atoms with Crippen molar-refractivity contribution in [1.29, 1.82) is 0 Å². The summed E-state index contributed by atoms with van der Waals surface area (Å²) >= 11 is 0. The van der Waals surface area contributed by atoms with Crippen molar-refractivity contribution in [2.75, 3.05) is 5.32 Å². The Morgan fingerprint density at radius 1 is 1.11 bits per heavy atom. The van der Waals surface area contributed by atoms with Crippen LogP contribution < -0.4 is 5.32 Å². The van der Waals surface area contributed by atoms with Gasteiger partial charge in [-0.1, -0.05) is 31.7 Å². The number of carbonyl (C=O) groups excluding carboxylic acids is 1. The normalized spacial score (nSPS) is 9.11. The van der Waals surface area contributed by atoms with Crippen LogP contribution in [0.25, 0.3) is 0 Å².